The molecule has 4 aromatic rings. The van der Waals surface area contributed by atoms with Crippen LogP contribution in [0.5, 0.6) is 11.5 Å². The molecule has 4 rings (SSSR count). The van der Waals surface area contributed by atoms with Crippen LogP contribution in [0, 0.1) is 0 Å². The van der Waals surface area contributed by atoms with Gasteiger partial charge in [0, 0.05) is 23.7 Å². The Labute approximate surface area is 222 Å². The molecule has 0 saturated heterocycles. The summed E-state index contributed by atoms with van der Waals surface area (Å²) in [4.78, 5) is 29.2. The summed E-state index contributed by atoms with van der Waals surface area (Å²) in [5.74, 6) is 0.704. The highest BCUT2D eigenvalue weighted by Gasteiger charge is 2.22. The van der Waals surface area contributed by atoms with Crippen LogP contribution in [0.2, 0.25) is 0 Å². The predicted octanol–water partition coefficient (Wildman–Crippen LogP) is 5.11. The van der Waals surface area contributed by atoms with Crippen LogP contribution < -0.4 is 14.8 Å². The first-order valence-corrected chi connectivity index (χ1v) is 12.5. The summed E-state index contributed by atoms with van der Waals surface area (Å²) in [7, 11) is 0. The van der Waals surface area contributed by atoms with Crippen molar-refractivity contribution in [1.29, 1.82) is 0 Å². The van der Waals surface area contributed by atoms with Gasteiger partial charge in [-0.1, -0.05) is 48.5 Å². The Bertz CT molecular complexity index is 1290. The number of amides is 1. The molecule has 7 nitrogen and oxygen atoms in total. The van der Waals surface area contributed by atoms with Gasteiger partial charge in [-0.2, -0.15) is 0 Å². The number of hydrogen-bond donors (Lipinski definition) is 1. The van der Waals surface area contributed by atoms with Crippen LogP contribution in [0.3, 0.4) is 0 Å². The molecule has 0 aliphatic heterocycles. The molecular formula is C31H30N2O5. The van der Waals surface area contributed by atoms with Gasteiger partial charge in [-0.25, -0.2) is 4.79 Å². The Morgan fingerprint density at radius 2 is 1.58 bits per heavy atom. The number of esters is 1. The molecule has 0 aliphatic rings. The van der Waals surface area contributed by atoms with Crippen molar-refractivity contribution >= 4 is 11.9 Å². The number of rotatable bonds is 12. The van der Waals surface area contributed by atoms with Gasteiger partial charge in [0.05, 0.1) is 18.8 Å². The van der Waals surface area contributed by atoms with Crippen LogP contribution >= 0.6 is 0 Å². The van der Waals surface area contributed by atoms with Crippen molar-refractivity contribution in [2.45, 2.75) is 19.4 Å². The number of para-hydroxylation sites is 1. The fourth-order valence-corrected chi connectivity index (χ4v) is 3.77. The molecule has 0 radical (unpaired) electrons. The van der Waals surface area contributed by atoms with Gasteiger partial charge in [0.15, 0.2) is 6.10 Å². The van der Waals surface area contributed by atoms with E-state index in [9.17, 15) is 9.59 Å². The van der Waals surface area contributed by atoms with Crippen molar-refractivity contribution in [2.75, 3.05) is 19.8 Å². The smallest absolute Gasteiger partial charge is 0.347 e. The van der Waals surface area contributed by atoms with E-state index in [2.05, 4.69) is 10.3 Å². The second kappa shape index (κ2) is 13.6. The number of carbonyl (C=O) groups excluding carboxylic acids is 2. The lowest BCUT2D eigenvalue weighted by atomic mass is 10.1. The van der Waals surface area contributed by atoms with Gasteiger partial charge in [-0.05, 0) is 61.0 Å². The molecule has 7 heteroatoms. The number of hydrogen-bond acceptors (Lipinski definition) is 6. The first-order valence-electron chi connectivity index (χ1n) is 12.5. The van der Waals surface area contributed by atoms with Gasteiger partial charge in [-0.3, -0.25) is 9.78 Å². The maximum absolute atomic E-state index is 12.5. The van der Waals surface area contributed by atoms with Gasteiger partial charge in [0.1, 0.15) is 18.1 Å². The zero-order valence-corrected chi connectivity index (χ0v) is 21.2. The Morgan fingerprint density at radius 3 is 2.26 bits per heavy atom. The van der Waals surface area contributed by atoms with E-state index in [0.29, 0.717) is 36.6 Å². The molecule has 0 bridgehead atoms. The van der Waals surface area contributed by atoms with Gasteiger partial charge < -0.3 is 19.5 Å². The van der Waals surface area contributed by atoms with Gasteiger partial charge in [0.25, 0.3) is 5.91 Å². The zero-order valence-electron chi connectivity index (χ0n) is 21.2. The summed E-state index contributed by atoms with van der Waals surface area (Å²) < 4.78 is 16.8. The first kappa shape index (κ1) is 26.4. The Kier molecular flexibility index (Phi) is 9.45. The molecular weight excluding hydrogens is 480 g/mol. The van der Waals surface area contributed by atoms with Gasteiger partial charge in [-0.15, -0.1) is 0 Å². The standard InChI is InChI=1S/C31H30N2O5/c1-2-36-31(35)29(38-27-8-4-3-5-9-27)22-23-11-17-26(18-12-23)37-21-20-33-30(34)25-15-13-24(14-16-25)28-10-6-7-19-32-28/h3-19,29H,2,20-22H2,1H3,(H,33,34). The number of pyridine rings is 1. The summed E-state index contributed by atoms with van der Waals surface area (Å²) in [6, 6.07) is 29.7. The lowest BCUT2D eigenvalue weighted by molar-refractivity contribution is -0.151. The Hall–Kier alpha value is -4.65. The van der Waals surface area contributed by atoms with E-state index in [1.54, 1.807) is 37.4 Å². The van der Waals surface area contributed by atoms with Gasteiger partial charge >= 0.3 is 5.97 Å². The summed E-state index contributed by atoms with van der Waals surface area (Å²) in [5.41, 5.74) is 3.30. The fourth-order valence-electron chi connectivity index (χ4n) is 3.77. The van der Waals surface area contributed by atoms with E-state index < -0.39 is 12.1 Å². The minimum absolute atomic E-state index is 0.167. The summed E-state index contributed by atoms with van der Waals surface area (Å²) in [5, 5.41) is 2.87. The molecule has 0 spiro atoms. The van der Waals surface area contributed by atoms with Gasteiger partial charge in [0.2, 0.25) is 0 Å². The summed E-state index contributed by atoms with van der Waals surface area (Å²) >= 11 is 0. The molecule has 194 valence electrons. The molecule has 3 aromatic carbocycles. The SMILES string of the molecule is CCOC(=O)C(Cc1ccc(OCCNC(=O)c2ccc(-c3ccccn3)cc2)cc1)Oc1ccccc1. The summed E-state index contributed by atoms with van der Waals surface area (Å²) in [6.07, 6.45) is 1.35. The quantitative estimate of drug-likeness (QED) is 0.211. The van der Waals surface area contributed by atoms with Crippen LogP contribution in [0.15, 0.2) is 103 Å². The van der Waals surface area contributed by atoms with E-state index in [1.165, 1.54) is 0 Å². The summed E-state index contributed by atoms with van der Waals surface area (Å²) in [6.45, 7) is 2.73. The minimum atomic E-state index is -0.752. The molecule has 1 heterocycles. The van der Waals surface area contributed by atoms with Crippen molar-refractivity contribution < 1.29 is 23.8 Å². The van der Waals surface area contributed by atoms with Crippen molar-refractivity contribution in [3.8, 4) is 22.8 Å². The predicted molar refractivity (Wildman–Crippen MR) is 145 cm³/mol. The highest BCUT2D eigenvalue weighted by molar-refractivity contribution is 5.94. The molecule has 38 heavy (non-hydrogen) atoms. The normalized spacial score (nSPS) is 11.3. The molecule has 1 N–H and O–H groups in total. The number of aromatic nitrogens is 1. The van der Waals surface area contributed by atoms with Crippen molar-refractivity contribution in [3.63, 3.8) is 0 Å². The minimum Gasteiger partial charge on any atom is -0.492 e. The first-order chi connectivity index (χ1) is 18.6. The molecule has 1 amide bonds. The highest BCUT2D eigenvalue weighted by atomic mass is 16.6. The number of ether oxygens (including phenoxy) is 3. The number of benzene rings is 3. The lowest BCUT2D eigenvalue weighted by Gasteiger charge is -2.18. The zero-order chi connectivity index (χ0) is 26.6. The molecule has 0 saturated carbocycles. The lowest BCUT2D eigenvalue weighted by Crippen LogP contribution is -2.31. The van der Waals surface area contributed by atoms with E-state index in [-0.39, 0.29) is 12.5 Å². The average molecular weight is 511 g/mol. The Morgan fingerprint density at radius 1 is 0.842 bits per heavy atom. The van der Waals surface area contributed by atoms with E-state index in [1.807, 2.05) is 72.8 Å². The number of carbonyl (C=O) groups is 2. The van der Waals surface area contributed by atoms with Crippen molar-refractivity contribution in [2.24, 2.45) is 0 Å². The average Bonchev–Trinajstić information content (AvgIpc) is 2.97. The number of nitrogens with zero attached hydrogens (tertiary/aromatic N) is 1. The molecule has 1 aromatic heterocycles. The maximum atomic E-state index is 12.5. The molecule has 0 aliphatic carbocycles. The highest BCUT2D eigenvalue weighted by Crippen LogP contribution is 2.19. The van der Waals surface area contributed by atoms with E-state index >= 15 is 0 Å². The second-order valence-electron chi connectivity index (χ2n) is 8.42. The van der Waals surface area contributed by atoms with Crippen LogP contribution in [-0.2, 0) is 16.0 Å². The second-order valence-corrected chi connectivity index (χ2v) is 8.42. The van der Waals surface area contributed by atoms with E-state index in [0.717, 1.165) is 16.8 Å². The monoisotopic (exact) mass is 510 g/mol. The Balaban J connectivity index is 1.24. The van der Waals surface area contributed by atoms with Crippen LogP contribution in [-0.4, -0.2) is 42.7 Å². The van der Waals surface area contributed by atoms with Crippen LogP contribution in [0.25, 0.3) is 11.3 Å². The third kappa shape index (κ3) is 7.67. The van der Waals surface area contributed by atoms with E-state index in [4.69, 9.17) is 14.2 Å². The molecule has 1 unspecified atom stereocenters. The number of nitrogens with one attached hydrogen (secondary N) is 1. The van der Waals surface area contributed by atoms with Crippen molar-refractivity contribution in [3.05, 3.63) is 114 Å². The fraction of sp³-hybridized carbons (Fsp3) is 0.194. The maximum Gasteiger partial charge on any atom is 0.347 e. The third-order valence-electron chi connectivity index (χ3n) is 5.68. The molecule has 1 atom stereocenters. The van der Waals surface area contributed by atoms with Crippen molar-refractivity contribution in [1.82, 2.24) is 10.3 Å². The van der Waals surface area contributed by atoms with Crippen LogP contribution in [0.4, 0.5) is 0 Å². The molecule has 0 fully saturated rings. The third-order valence-corrected chi connectivity index (χ3v) is 5.68. The van der Waals surface area contributed by atoms with Crippen LogP contribution in [0.1, 0.15) is 22.8 Å². The largest absolute Gasteiger partial charge is 0.492 e. The topological polar surface area (TPSA) is 86.8 Å².